The van der Waals surface area contributed by atoms with E-state index in [-0.39, 0.29) is 18.9 Å². The maximum absolute atomic E-state index is 12.5. The van der Waals surface area contributed by atoms with E-state index < -0.39 is 12.4 Å². The van der Waals surface area contributed by atoms with Crippen molar-refractivity contribution in [2.24, 2.45) is 0 Å². The van der Waals surface area contributed by atoms with Crippen LogP contribution < -0.4 is 9.47 Å². The molecule has 7 heteroatoms. The van der Waals surface area contributed by atoms with Gasteiger partial charge in [-0.15, -0.1) is 0 Å². The minimum Gasteiger partial charge on any atom is -0.497 e. The number of methoxy groups -OCH3 is 4. The van der Waals surface area contributed by atoms with Crippen molar-refractivity contribution in [2.75, 3.05) is 35.0 Å². The molecule has 0 aliphatic rings. The molecule has 1 atom stereocenters. The van der Waals surface area contributed by atoms with Crippen LogP contribution in [0.3, 0.4) is 0 Å². The van der Waals surface area contributed by atoms with Crippen molar-refractivity contribution in [3.8, 4) is 11.5 Å². The summed E-state index contributed by atoms with van der Waals surface area (Å²) in [6.45, 7) is 2.14. The molecule has 0 saturated heterocycles. The maximum Gasteiger partial charge on any atom is 0.228 e. The summed E-state index contributed by atoms with van der Waals surface area (Å²) in [5.74, 6) is 1.11. The summed E-state index contributed by atoms with van der Waals surface area (Å²) < 4.78 is 20.7. The van der Waals surface area contributed by atoms with Crippen LogP contribution in [0.15, 0.2) is 18.2 Å². The zero-order valence-corrected chi connectivity index (χ0v) is 14.9. The van der Waals surface area contributed by atoms with E-state index in [4.69, 9.17) is 18.9 Å². The van der Waals surface area contributed by atoms with Gasteiger partial charge in [-0.05, 0) is 19.1 Å². The Morgan fingerprint density at radius 1 is 1.17 bits per heavy atom. The van der Waals surface area contributed by atoms with Crippen LogP contribution in [-0.2, 0) is 20.8 Å². The molecule has 1 N–H and O–H groups in total. The Morgan fingerprint density at radius 3 is 2.33 bits per heavy atom. The fourth-order valence-corrected chi connectivity index (χ4v) is 2.30. The number of hydrogen-bond donors (Lipinski definition) is 1. The number of nitrogens with zero attached hydrogens (tertiary/aromatic N) is 1. The molecule has 1 amide bonds. The van der Waals surface area contributed by atoms with E-state index in [0.29, 0.717) is 18.0 Å². The summed E-state index contributed by atoms with van der Waals surface area (Å²) in [4.78, 5) is 14.1. The van der Waals surface area contributed by atoms with Gasteiger partial charge in [0.05, 0.1) is 26.7 Å². The van der Waals surface area contributed by atoms with Gasteiger partial charge in [-0.1, -0.05) is 0 Å². The molecule has 136 valence electrons. The molecule has 0 aliphatic heterocycles. The van der Waals surface area contributed by atoms with Crippen LogP contribution in [0, 0.1) is 0 Å². The van der Waals surface area contributed by atoms with E-state index in [1.807, 2.05) is 6.07 Å². The summed E-state index contributed by atoms with van der Waals surface area (Å²) in [5.41, 5.74) is 0.818. The third-order valence-electron chi connectivity index (χ3n) is 3.56. The molecule has 0 aliphatic carbocycles. The second kappa shape index (κ2) is 10.1. The number of aliphatic hydroxyl groups excluding tert-OH is 1. The molecule has 0 bridgehead atoms. The standard InChI is InChI=1S/C17H27NO6/c1-12(19)10-18(16(20)9-17(23-4)24-5)11-13-6-7-14(21-2)8-15(13)22-3/h6-8,12,17,19H,9-11H2,1-5H3. The number of aliphatic hydroxyl groups is 1. The number of amides is 1. The van der Waals surface area contributed by atoms with Crippen LogP contribution >= 0.6 is 0 Å². The lowest BCUT2D eigenvalue weighted by Crippen LogP contribution is -2.38. The minimum absolute atomic E-state index is 0.0676. The number of carbonyl (C=O) groups excluding carboxylic acids is 1. The van der Waals surface area contributed by atoms with Crippen LogP contribution in [0.2, 0.25) is 0 Å². The van der Waals surface area contributed by atoms with Crippen LogP contribution in [0.4, 0.5) is 0 Å². The first-order valence-corrected chi connectivity index (χ1v) is 7.67. The van der Waals surface area contributed by atoms with Crippen LogP contribution in [0.25, 0.3) is 0 Å². The Bertz CT molecular complexity index is 516. The molecule has 0 fully saturated rings. The van der Waals surface area contributed by atoms with Gasteiger partial charge in [0.25, 0.3) is 0 Å². The van der Waals surface area contributed by atoms with Crippen LogP contribution in [0.1, 0.15) is 18.9 Å². The van der Waals surface area contributed by atoms with Crippen molar-refractivity contribution in [1.29, 1.82) is 0 Å². The van der Waals surface area contributed by atoms with Crippen molar-refractivity contribution < 1.29 is 28.8 Å². The van der Waals surface area contributed by atoms with Gasteiger partial charge in [0, 0.05) is 38.9 Å². The molecule has 1 aromatic rings. The number of carbonyl (C=O) groups is 1. The summed E-state index contributed by atoms with van der Waals surface area (Å²) in [7, 11) is 6.10. The van der Waals surface area contributed by atoms with Crippen LogP contribution in [-0.4, -0.2) is 63.3 Å². The topological polar surface area (TPSA) is 77.5 Å². The average Bonchev–Trinajstić information content (AvgIpc) is 2.58. The highest BCUT2D eigenvalue weighted by Crippen LogP contribution is 2.26. The fourth-order valence-electron chi connectivity index (χ4n) is 2.30. The smallest absolute Gasteiger partial charge is 0.228 e. The van der Waals surface area contributed by atoms with Crippen molar-refractivity contribution in [3.05, 3.63) is 23.8 Å². The summed E-state index contributed by atoms with van der Waals surface area (Å²) in [6, 6.07) is 5.40. The Kier molecular flexibility index (Phi) is 8.53. The first-order chi connectivity index (χ1) is 11.4. The quantitative estimate of drug-likeness (QED) is 0.649. The monoisotopic (exact) mass is 341 g/mol. The molecule has 0 saturated carbocycles. The van der Waals surface area contributed by atoms with Gasteiger partial charge < -0.3 is 29.0 Å². The van der Waals surface area contributed by atoms with Crippen molar-refractivity contribution >= 4 is 5.91 Å². The zero-order chi connectivity index (χ0) is 18.1. The van der Waals surface area contributed by atoms with Gasteiger partial charge in [-0.2, -0.15) is 0 Å². The van der Waals surface area contributed by atoms with Gasteiger partial charge in [0.2, 0.25) is 5.91 Å². The van der Waals surface area contributed by atoms with Crippen molar-refractivity contribution in [2.45, 2.75) is 32.3 Å². The molecule has 1 unspecified atom stereocenters. The molecule has 0 radical (unpaired) electrons. The lowest BCUT2D eigenvalue weighted by Gasteiger charge is -2.26. The molecule has 1 aromatic carbocycles. The average molecular weight is 341 g/mol. The Hall–Kier alpha value is -1.83. The molecule has 1 rings (SSSR count). The molecule has 0 aromatic heterocycles. The highest BCUT2D eigenvalue weighted by atomic mass is 16.7. The van der Waals surface area contributed by atoms with Crippen molar-refractivity contribution in [3.63, 3.8) is 0 Å². The molecular formula is C17H27NO6. The highest BCUT2D eigenvalue weighted by molar-refractivity contribution is 5.76. The molecule has 0 spiro atoms. The number of rotatable bonds is 10. The largest absolute Gasteiger partial charge is 0.497 e. The fraction of sp³-hybridized carbons (Fsp3) is 0.588. The number of benzene rings is 1. The van der Waals surface area contributed by atoms with Gasteiger partial charge in [-0.25, -0.2) is 0 Å². The molecule has 7 nitrogen and oxygen atoms in total. The van der Waals surface area contributed by atoms with E-state index in [0.717, 1.165) is 5.56 Å². The van der Waals surface area contributed by atoms with E-state index in [9.17, 15) is 9.90 Å². The normalized spacial score (nSPS) is 12.1. The van der Waals surface area contributed by atoms with Crippen molar-refractivity contribution in [1.82, 2.24) is 4.90 Å². The number of hydrogen-bond acceptors (Lipinski definition) is 6. The first kappa shape index (κ1) is 20.2. The summed E-state index contributed by atoms with van der Waals surface area (Å²) in [5, 5.41) is 9.70. The number of ether oxygens (including phenoxy) is 4. The molecule has 24 heavy (non-hydrogen) atoms. The predicted octanol–water partition coefficient (Wildman–Crippen LogP) is 1.42. The van der Waals surface area contributed by atoms with E-state index >= 15 is 0 Å². The predicted molar refractivity (Wildman–Crippen MR) is 89.1 cm³/mol. The third-order valence-corrected chi connectivity index (χ3v) is 3.56. The first-order valence-electron chi connectivity index (χ1n) is 7.67. The summed E-state index contributed by atoms with van der Waals surface area (Å²) >= 11 is 0. The Morgan fingerprint density at radius 2 is 1.83 bits per heavy atom. The van der Waals surface area contributed by atoms with Gasteiger partial charge in [0.1, 0.15) is 11.5 Å². The Labute approximate surface area is 143 Å². The SMILES string of the molecule is COc1ccc(CN(CC(C)O)C(=O)CC(OC)OC)c(OC)c1. The molecular weight excluding hydrogens is 314 g/mol. The Balaban J connectivity index is 2.95. The van der Waals surface area contributed by atoms with E-state index in [2.05, 4.69) is 0 Å². The zero-order valence-electron chi connectivity index (χ0n) is 14.9. The second-order valence-corrected chi connectivity index (χ2v) is 5.41. The third kappa shape index (κ3) is 5.99. The minimum atomic E-state index is -0.651. The summed E-state index contributed by atoms with van der Waals surface area (Å²) in [6.07, 6.45) is -1.20. The van der Waals surface area contributed by atoms with E-state index in [1.54, 1.807) is 38.2 Å². The lowest BCUT2D eigenvalue weighted by molar-refractivity contribution is -0.149. The lowest BCUT2D eigenvalue weighted by atomic mass is 10.1. The van der Waals surface area contributed by atoms with Crippen LogP contribution in [0.5, 0.6) is 11.5 Å². The molecule has 0 heterocycles. The van der Waals surface area contributed by atoms with Gasteiger partial charge in [-0.3, -0.25) is 4.79 Å². The van der Waals surface area contributed by atoms with Gasteiger partial charge >= 0.3 is 0 Å². The maximum atomic E-state index is 12.5. The van der Waals surface area contributed by atoms with Gasteiger partial charge in [0.15, 0.2) is 6.29 Å². The second-order valence-electron chi connectivity index (χ2n) is 5.41. The highest BCUT2D eigenvalue weighted by Gasteiger charge is 2.21. The van der Waals surface area contributed by atoms with E-state index in [1.165, 1.54) is 14.2 Å².